The molecular weight excluding hydrogens is 538 g/mol. The van der Waals surface area contributed by atoms with E-state index in [2.05, 4.69) is 15.9 Å². The highest BCUT2D eigenvalue weighted by molar-refractivity contribution is 9.10. The van der Waals surface area contributed by atoms with Crippen LogP contribution in [-0.2, 0) is 22.7 Å². The van der Waals surface area contributed by atoms with Crippen molar-refractivity contribution in [3.8, 4) is 0 Å². The first kappa shape index (κ1) is 23.2. The Morgan fingerprint density at radius 2 is 1.82 bits per heavy atom. The van der Waals surface area contributed by atoms with Gasteiger partial charge in [-0.15, -0.1) is 0 Å². The van der Waals surface area contributed by atoms with E-state index in [-0.39, 0.29) is 30.1 Å². The average molecular weight is 559 g/mol. The zero-order chi connectivity index (χ0) is 23.8. The molecule has 3 heterocycles. The molecule has 0 N–H and O–H groups in total. The fourth-order valence-corrected chi connectivity index (χ4v) is 5.62. The largest absolute Gasteiger partial charge is 0.341 e. The summed E-state index contributed by atoms with van der Waals surface area (Å²) in [6.45, 7) is 2.04. The highest BCUT2D eigenvalue weighted by atomic mass is 79.9. The molecule has 2 saturated heterocycles. The normalized spacial score (nSPS) is 17.5. The monoisotopic (exact) mass is 557 g/mol. The Labute approximate surface area is 214 Å². The van der Waals surface area contributed by atoms with Crippen LogP contribution in [0.3, 0.4) is 0 Å². The van der Waals surface area contributed by atoms with Crippen molar-refractivity contribution in [1.82, 2.24) is 14.4 Å². The lowest BCUT2D eigenvalue weighted by Crippen LogP contribution is -2.30. The molecule has 9 heteroatoms. The van der Waals surface area contributed by atoms with Gasteiger partial charge in [0.15, 0.2) is 0 Å². The predicted molar refractivity (Wildman–Crippen MR) is 138 cm³/mol. The van der Waals surface area contributed by atoms with Crippen LogP contribution in [-0.4, -0.2) is 44.5 Å². The second kappa shape index (κ2) is 9.60. The summed E-state index contributed by atoms with van der Waals surface area (Å²) < 4.78 is 2.82. The molecule has 0 atom stereocenters. The number of likely N-dealkylation sites (tertiary alicyclic amines) is 1. The summed E-state index contributed by atoms with van der Waals surface area (Å²) in [5.41, 5.74) is 2.53. The molecule has 0 unspecified atom stereocenters. The van der Waals surface area contributed by atoms with E-state index in [1.54, 1.807) is 30.3 Å². The van der Waals surface area contributed by atoms with Crippen molar-refractivity contribution in [2.75, 3.05) is 13.1 Å². The molecule has 5 rings (SSSR count). The molecule has 174 valence electrons. The SMILES string of the molecule is O=C(Cn1cc(/C=C2\SC(=O)N(Cc3ccc(Cl)cc3)C2=O)c2cc(Br)ccc21)N1CCCC1. The molecular formula is C25H21BrClN3O3S. The number of benzene rings is 2. The van der Waals surface area contributed by atoms with Crippen molar-refractivity contribution < 1.29 is 14.4 Å². The number of halogens is 2. The molecule has 0 radical (unpaired) electrons. The van der Waals surface area contributed by atoms with E-state index in [1.807, 2.05) is 33.9 Å². The van der Waals surface area contributed by atoms with Gasteiger partial charge in [0.25, 0.3) is 11.1 Å². The highest BCUT2D eigenvalue weighted by Crippen LogP contribution is 2.35. The van der Waals surface area contributed by atoms with Crippen molar-refractivity contribution in [3.05, 3.63) is 74.2 Å². The quantitative estimate of drug-likeness (QED) is 0.365. The minimum atomic E-state index is -0.325. The zero-order valence-corrected chi connectivity index (χ0v) is 21.3. The van der Waals surface area contributed by atoms with Crippen LogP contribution in [0.5, 0.6) is 0 Å². The van der Waals surface area contributed by atoms with Crippen LogP contribution in [0.4, 0.5) is 4.79 Å². The van der Waals surface area contributed by atoms with Crippen LogP contribution in [0.2, 0.25) is 5.02 Å². The standard InChI is InChI=1S/C25H21BrClN3O3S/c26-18-5-8-21-20(12-18)17(14-29(21)15-23(31)28-9-1-2-10-28)11-22-24(32)30(25(33)34-22)13-16-3-6-19(27)7-4-16/h3-8,11-12,14H,1-2,9-10,13,15H2/b22-11-. The van der Waals surface area contributed by atoms with Crippen molar-refractivity contribution in [1.29, 1.82) is 0 Å². The molecule has 2 aromatic carbocycles. The van der Waals surface area contributed by atoms with Gasteiger partial charge >= 0.3 is 0 Å². The number of carbonyl (C=O) groups excluding carboxylic acids is 3. The number of nitrogens with zero attached hydrogens (tertiary/aromatic N) is 3. The van der Waals surface area contributed by atoms with Crippen LogP contribution in [0.15, 0.2) is 58.0 Å². The van der Waals surface area contributed by atoms with Crippen molar-refractivity contribution in [2.45, 2.75) is 25.9 Å². The number of amides is 3. The van der Waals surface area contributed by atoms with E-state index in [9.17, 15) is 14.4 Å². The van der Waals surface area contributed by atoms with Gasteiger partial charge in [-0.3, -0.25) is 19.3 Å². The van der Waals surface area contributed by atoms with E-state index >= 15 is 0 Å². The molecule has 6 nitrogen and oxygen atoms in total. The van der Waals surface area contributed by atoms with Crippen LogP contribution >= 0.6 is 39.3 Å². The number of imide groups is 1. The number of hydrogen-bond donors (Lipinski definition) is 0. The number of fused-ring (bicyclic) bond motifs is 1. The Hall–Kier alpha value is -2.55. The number of aromatic nitrogens is 1. The van der Waals surface area contributed by atoms with E-state index in [4.69, 9.17) is 11.6 Å². The van der Waals surface area contributed by atoms with E-state index in [1.165, 1.54) is 4.90 Å². The Morgan fingerprint density at radius 3 is 2.56 bits per heavy atom. The lowest BCUT2D eigenvalue weighted by molar-refractivity contribution is -0.130. The summed E-state index contributed by atoms with van der Waals surface area (Å²) in [5, 5.41) is 1.21. The Balaban J connectivity index is 1.44. The highest BCUT2D eigenvalue weighted by Gasteiger charge is 2.35. The zero-order valence-electron chi connectivity index (χ0n) is 18.2. The first-order valence-electron chi connectivity index (χ1n) is 10.9. The lowest BCUT2D eigenvalue weighted by atomic mass is 10.1. The van der Waals surface area contributed by atoms with Crippen molar-refractivity contribution >= 4 is 73.3 Å². The first-order chi connectivity index (χ1) is 16.4. The number of thioether (sulfide) groups is 1. The van der Waals surface area contributed by atoms with Gasteiger partial charge in [-0.2, -0.15) is 0 Å². The molecule has 0 saturated carbocycles. The third-order valence-corrected chi connectivity index (χ3v) is 7.71. The lowest BCUT2D eigenvalue weighted by Gasteiger charge is -2.16. The van der Waals surface area contributed by atoms with Crippen molar-refractivity contribution in [2.24, 2.45) is 0 Å². The summed E-state index contributed by atoms with van der Waals surface area (Å²) in [5.74, 6) is -0.235. The Kier molecular flexibility index (Phi) is 6.55. The summed E-state index contributed by atoms with van der Waals surface area (Å²) in [4.78, 5) is 42.0. The minimum Gasteiger partial charge on any atom is -0.341 e. The third kappa shape index (κ3) is 4.67. The molecule has 0 spiro atoms. The van der Waals surface area contributed by atoms with E-state index in [0.29, 0.717) is 9.93 Å². The molecule has 0 aliphatic carbocycles. The van der Waals surface area contributed by atoms with Crippen molar-refractivity contribution in [3.63, 3.8) is 0 Å². The van der Waals surface area contributed by atoms with Crippen LogP contribution in [0.25, 0.3) is 17.0 Å². The van der Waals surface area contributed by atoms with E-state index < -0.39 is 0 Å². The van der Waals surface area contributed by atoms with Gasteiger partial charge in [-0.05, 0) is 66.6 Å². The summed E-state index contributed by atoms with van der Waals surface area (Å²) in [6.07, 6.45) is 5.72. The number of rotatable bonds is 5. The maximum absolute atomic E-state index is 13.1. The molecule has 2 aliphatic heterocycles. The second-order valence-corrected chi connectivity index (χ2v) is 10.7. The predicted octanol–water partition coefficient (Wildman–Crippen LogP) is 5.92. The van der Waals surface area contributed by atoms with Gasteiger partial charge in [0.1, 0.15) is 6.54 Å². The molecule has 3 amide bonds. The van der Waals surface area contributed by atoms with Crippen LogP contribution in [0, 0.1) is 0 Å². The molecule has 0 bridgehead atoms. The van der Waals surface area contributed by atoms with E-state index in [0.717, 1.165) is 64.2 Å². The van der Waals surface area contributed by atoms with Gasteiger partial charge in [-0.1, -0.05) is 39.7 Å². The summed E-state index contributed by atoms with van der Waals surface area (Å²) >= 11 is 10.4. The number of hydrogen-bond acceptors (Lipinski definition) is 4. The fraction of sp³-hybridized carbons (Fsp3) is 0.240. The smallest absolute Gasteiger partial charge is 0.293 e. The number of carbonyl (C=O) groups is 3. The minimum absolute atomic E-state index is 0.0900. The molecule has 2 aliphatic rings. The van der Waals surface area contributed by atoms with Gasteiger partial charge in [0, 0.05) is 45.2 Å². The van der Waals surface area contributed by atoms with Gasteiger partial charge < -0.3 is 9.47 Å². The van der Waals surface area contributed by atoms with Gasteiger partial charge in [0.05, 0.1) is 11.4 Å². The van der Waals surface area contributed by atoms with Gasteiger partial charge in [0.2, 0.25) is 5.91 Å². The first-order valence-corrected chi connectivity index (χ1v) is 12.9. The Bertz CT molecular complexity index is 1330. The van der Waals surface area contributed by atoms with Crippen LogP contribution in [0.1, 0.15) is 24.0 Å². The second-order valence-electron chi connectivity index (χ2n) is 8.36. The molecule has 34 heavy (non-hydrogen) atoms. The fourth-order valence-electron chi connectivity index (χ4n) is 4.30. The molecule has 2 fully saturated rings. The summed E-state index contributed by atoms with van der Waals surface area (Å²) in [7, 11) is 0. The third-order valence-electron chi connectivity index (χ3n) is 6.05. The van der Waals surface area contributed by atoms with Crippen LogP contribution < -0.4 is 0 Å². The average Bonchev–Trinajstić information content (AvgIpc) is 3.52. The molecule has 1 aromatic heterocycles. The maximum atomic E-state index is 13.1. The summed E-state index contributed by atoms with van der Waals surface area (Å²) in [6, 6.07) is 12.9. The Morgan fingerprint density at radius 1 is 1.09 bits per heavy atom. The molecule has 3 aromatic rings. The maximum Gasteiger partial charge on any atom is 0.293 e. The van der Waals surface area contributed by atoms with Gasteiger partial charge in [-0.25, -0.2) is 0 Å². The topological polar surface area (TPSA) is 62.6 Å².